The fourth-order valence-electron chi connectivity index (χ4n) is 4.65. The normalized spacial score (nSPS) is 25.6. The van der Waals surface area contributed by atoms with Gasteiger partial charge in [0.1, 0.15) is 0 Å². The van der Waals surface area contributed by atoms with E-state index in [2.05, 4.69) is 109 Å². The lowest BCUT2D eigenvalue weighted by molar-refractivity contribution is 0.758. The summed E-state index contributed by atoms with van der Waals surface area (Å²) in [6.07, 6.45) is 1.38. The van der Waals surface area contributed by atoms with Gasteiger partial charge >= 0.3 is 0 Å². The molecule has 0 saturated heterocycles. The van der Waals surface area contributed by atoms with Gasteiger partial charge in [-0.05, 0) is 33.3 Å². The van der Waals surface area contributed by atoms with Gasteiger partial charge in [0.25, 0.3) is 0 Å². The van der Waals surface area contributed by atoms with Crippen molar-refractivity contribution in [3.8, 4) is 0 Å². The minimum absolute atomic E-state index is 0.267. The molecule has 0 nitrogen and oxygen atoms in total. The summed E-state index contributed by atoms with van der Waals surface area (Å²) in [6, 6.07) is 22.8. The van der Waals surface area contributed by atoms with E-state index >= 15 is 0 Å². The fourth-order valence-corrected chi connectivity index (χ4v) is 15.4. The van der Waals surface area contributed by atoms with Crippen molar-refractivity contribution in [1.29, 1.82) is 0 Å². The average Bonchev–Trinajstić information content (AvgIpc) is 3.17. The molecule has 140 valence electrons. The predicted octanol–water partition coefficient (Wildman–Crippen LogP) is 6.93. The van der Waals surface area contributed by atoms with Gasteiger partial charge in [-0.2, -0.15) is 0 Å². The zero-order valence-corrected chi connectivity index (χ0v) is 19.2. The first-order valence-corrected chi connectivity index (χ1v) is 12.5. The highest BCUT2D eigenvalue weighted by molar-refractivity contribution is 7.86. The summed E-state index contributed by atoms with van der Waals surface area (Å²) in [5.74, 6) is 0.804. The quantitative estimate of drug-likeness (QED) is 0.501. The third-order valence-corrected chi connectivity index (χ3v) is 13.7. The van der Waals surface area contributed by atoms with E-state index in [0.717, 1.165) is 5.92 Å². The van der Waals surface area contributed by atoms with Crippen LogP contribution in [0.15, 0.2) is 60.7 Å². The lowest BCUT2D eigenvalue weighted by atomic mass is 10.3. The molecule has 1 fully saturated rings. The van der Waals surface area contributed by atoms with Crippen LogP contribution in [0.5, 0.6) is 0 Å². The summed E-state index contributed by atoms with van der Waals surface area (Å²) >= 11 is 0. The molecule has 0 heterocycles. The first kappa shape index (κ1) is 20.0. The van der Waals surface area contributed by atoms with Gasteiger partial charge in [-0.15, -0.1) is 0 Å². The minimum Gasteiger partial charge on any atom is -0.0622 e. The first-order valence-electron chi connectivity index (χ1n) is 9.79. The third kappa shape index (κ3) is 3.66. The van der Waals surface area contributed by atoms with E-state index in [1.54, 1.807) is 10.6 Å². The molecule has 26 heavy (non-hydrogen) atoms. The van der Waals surface area contributed by atoms with Crippen LogP contribution in [0.2, 0.25) is 0 Å². The standard InChI is InChI=1S/C24H34P2/c1-19-18-24(19,25(22(2,3)4)20-14-10-8-11-15-20)26(23(5,6)7)21-16-12-9-13-17-21/h8-17,19H,18H2,1-7H3. The summed E-state index contributed by atoms with van der Waals surface area (Å²) in [5.41, 5.74) is 0. The van der Waals surface area contributed by atoms with E-state index in [9.17, 15) is 0 Å². The van der Waals surface area contributed by atoms with Crippen molar-refractivity contribution in [3.05, 3.63) is 60.7 Å². The molecular formula is C24H34P2. The maximum absolute atomic E-state index is 2.51. The van der Waals surface area contributed by atoms with Gasteiger partial charge < -0.3 is 0 Å². The van der Waals surface area contributed by atoms with Crippen LogP contribution in [0.3, 0.4) is 0 Å². The highest BCUT2D eigenvalue weighted by Crippen LogP contribution is 2.86. The Kier molecular flexibility index (Phi) is 5.42. The molecule has 0 amide bonds. The molecule has 0 bridgehead atoms. The van der Waals surface area contributed by atoms with Gasteiger partial charge in [0, 0.05) is 4.90 Å². The Labute approximate surface area is 163 Å². The molecule has 2 aromatic carbocycles. The zero-order valence-electron chi connectivity index (χ0n) is 17.5. The Morgan fingerprint density at radius 1 is 0.692 bits per heavy atom. The fraction of sp³-hybridized carbons (Fsp3) is 0.500. The van der Waals surface area contributed by atoms with E-state index < -0.39 is 0 Å². The summed E-state index contributed by atoms with van der Waals surface area (Å²) in [7, 11) is -0.534. The van der Waals surface area contributed by atoms with Crippen molar-refractivity contribution >= 4 is 26.5 Å². The van der Waals surface area contributed by atoms with Crippen molar-refractivity contribution in [1.82, 2.24) is 0 Å². The highest BCUT2D eigenvalue weighted by Gasteiger charge is 2.65. The number of benzene rings is 2. The largest absolute Gasteiger partial charge is 0.0622 e. The van der Waals surface area contributed by atoms with E-state index in [1.807, 2.05) is 0 Å². The van der Waals surface area contributed by atoms with Crippen LogP contribution in [-0.4, -0.2) is 15.2 Å². The number of hydrogen-bond acceptors (Lipinski definition) is 0. The van der Waals surface area contributed by atoms with Crippen LogP contribution in [0.1, 0.15) is 54.9 Å². The Morgan fingerprint density at radius 3 is 1.23 bits per heavy atom. The van der Waals surface area contributed by atoms with Crippen LogP contribution in [0.4, 0.5) is 0 Å². The first-order chi connectivity index (χ1) is 12.1. The Hall–Kier alpha value is -0.700. The molecule has 3 atom stereocenters. The molecule has 3 unspecified atom stereocenters. The summed E-state index contributed by atoms with van der Waals surface area (Å²) < 4.78 is 0. The maximum Gasteiger partial charge on any atom is 0.0225 e. The number of hydrogen-bond donors (Lipinski definition) is 0. The third-order valence-electron chi connectivity index (χ3n) is 5.38. The SMILES string of the molecule is CC1CC1(P(c1ccccc1)C(C)(C)C)P(c1ccccc1)C(C)(C)C. The van der Waals surface area contributed by atoms with E-state index in [-0.39, 0.29) is 15.8 Å². The van der Waals surface area contributed by atoms with Crippen molar-refractivity contribution in [3.63, 3.8) is 0 Å². The van der Waals surface area contributed by atoms with Gasteiger partial charge in [-0.3, -0.25) is 0 Å². The molecule has 1 aliphatic carbocycles. The van der Waals surface area contributed by atoms with E-state index in [1.165, 1.54) is 6.42 Å². The van der Waals surface area contributed by atoms with Gasteiger partial charge in [-0.25, -0.2) is 0 Å². The van der Waals surface area contributed by atoms with E-state index in [0.29, 0.717) is 15.2 Å². The highest BCUT2D eigenvalue weighted by atomic mass is 31.2. The van der Waals surface area contributed by atoms with Crippen molar-refractivity contribution in [2.75, 3.05) is 0 Å². The molecule has 2 aromatic rings. The summed E-state index contributed by atoms with van der Waals surface area (Å²) in [4.78, 5) is 0.448. The molecule has 3 rings (SSSR count). The summed E-state index contributed by atoms with van der Waals surface area (Å²) in [5, 5.41) is 3.79. The topological polar surface area (TPSA) is 0 Å². The monoisotopic (exact) mass is 384 g/mol. The summed E-state index contributed by atoms with van der Waals surface area (Å²) in [6.45, 7) is 17.3. The molecule has 0 aromatic heterocycles. The zero-order chi connectivity index (χ0) is 19.2. The van der Waals surface area contributed by atoms with Crippen LogP contribution in [0.25, 0.3) is 0 Å². The molecule has 2 heteroatoms. The molecule has 0 N–H and O–H groups in total. The molecule has 1 aliphatic rings. The lowest BCUT2D eigenvalue weighted by Gasteiger charge is -2.48. The second kappa shape index (κ2) is 7.04. The second-order valence-electron chi connectivity index (χ2n) is 9.67. The van der Waals surface area contributed by atoms with Crippen LogP contribution in [-0.2, 0) is 0 Å². The Morgan fingerprint density at radius 2 is 1.00 bits per heavy atom. The molecular weight excluding hydrogens is 350 g/mol. The molecule has 0 radical (unpaired) electrons. The van der Waals surface area contributed by atoms with Gasteiger partial charge in [0.2, 0.25) is 0 Å². The van der Waals surface area contributed by atoms with Crippen molar-refractivity contribution < 1.29 is 0 Å². The average molecular weight is 384 g/mol. The van der Waals surface area contributed by atoms with Crippen molar-refractivity contribution in [2.24, 2.45) is 5.92 Å². The number of rotatable bonds is 4. The second-order valence-corrected chi connectivity index (χ2v) is 16.7. The lowest BCUT2D eigenvalue weighted by Crippen LogP contribution is -2.35. The van der Waals surface area contributed by atoms with Crippen molar-refractivity contribution in [2.45, 2.75) is 70.1 Å². The van der Waals surface area contributed by atoms with E-state index in [4.69, 9.17) is 0 Å². The van der Waals surface area contributed by atoms with Crippen LogP contribution in [0, 0.1) is 5.92 Å². The van der Waals surface area contributed by atoms with Crippen LogP contribution >= 0.6 is 15.8 Å². The predicted molar refractivity (Wildman–Crippen MR) is 122 cm³/mol. The van der Waals surface area contributed by atoms with Crippen LogP contribution < -0.4 is 10.6 Å². The molecule has 0 spiro atoms. The van der Waals surface area contributed by atoms with Gasteiger partial charge in [0.15, 0.2) is 0 Å². The Bertz CT molecular complexity index is 665. The molecule has 1 saturated carbocycles. The van der Waals surface area contributed by atoms with Gasteiger partial charge in [-0.1, -0.05) is 125 Å². The Balaban J connectivity index is 2.19. The van der Waals surface area contributed by atoms with Gasteiger partial charge in [0.05, 0.1) is 0 Å². The molecule has 0 aliphatic heterocycles. The minimum atomic E-state index is -0.267. The smallest absolute Gasteiger partial charge is 0.0225 e. The maximum atomic E-state index is 2.51.